The maximum atomic E-state index is 12.2. The number of likely N-dealkylation sites (N-methyl/N-ethyl adjacent to an activating group) is 1. The minimum atomic E-state index is -1.09. The Kier molecular flexibility index (Phi) is 4.17. The smallest absolute Gasteiger partial charge is 0.256 e. The van der Waals surface area contributed by atoms with E-state index in [0.717, 1.165) is 22.4 Å². The molecule has 4 nitrogen and oxygen atoms in total. The number of benzene rings is 2. The van der Waals surface area contributed by atoms with Gasteiger partial charge in [0.05, 0.1) is 7.11 Å². The van der Waals surface area contributed by atoms with E-state index in [1.807, 2.05) is 54.6 Å². The highest BCUT2D eigenvalue weighted by Crippen LogP contribution is 2.39. The van der Waals surface area contributed by atoms with E-state index in [1.165, 1.54) is 4.90 Å². The zero-order valence-electron chi connectivity index (χ0n) is 13.1. The van der Waals surface area contributed by atoms with Crippen molar-refractivity contribution in [3.63, 3.8) is 0 Å². The van der Waals surface area contributed by atoms with Crippen LogP contribution in [0, 0.1) is 0 Å². The third kappa shape index (κ3) is 2.85. The second-order valence-electron chi connectivity index (χ2n) is 5.60. The van der Waals surface area contributed by atoms with Gasteiger partial charge in [-0.2, -0.15) is 0 Å². The van der Waals surface area contributed by atoms with Crippen LogP contribution in [0.25, 0.3) is 5.57 Å². The molecule has 0 unspecified atom stereocenters. The molecule has 0 saturated carbocycles. The molecule has 2 aromatic carbocycles. The van der Waals surface area contributed by atoms with E-state index in [-0.39, 0.29) is 11.8 Å². The zero-order chi connectivity index (χ0) is 16.4. The van der Waals surface area contributed by atoms with Crippen LogP contribution in [0.5, 0.6) is 5.75 Å². The molecule has 118 valence electrons. The SMILES string of the molecule is COc1ccc(C2=CN(C)C(=O)[C@H](O)[C@H]2c2ccccc2)cc1. The Labute approximate surface area is 135 Å². The molecule has 0 aliphatic carbocycles. The maximum absolute atomic E-state index is 12.2. The average Bonchev–Trinajstić information content (AvgIpc) is 2.60. The van der Waals surface area contributed by atoms with Crippen molar-refractivity contribution < 1.29 is 14.6 Å². The molecule has 0 aromatic heterocycles. The number of carbonyl (C=O) groups excluding carboxylic acids is 1. The Hall–Kier alpha value is -2.59. The largest absolute Gasteiger partial charge is 0.497 e. The third-order valence-electron chi connectivity index (χ3n) is 4.17. The number of ether oxygens (including phenoxy) is 1. The first kappa shape index (κ1) is 15.3. The van der Waals surface area contributed by atoms with Gasteiger partial charge in [0.1, 0.15) is 11.9 Å². The lowest BCUT2D eigenvalue weighted by atomic mass is 9.81. The molecule has 0 fully saturated rings. The Balaban J connectivity index is 2.09. The summed E-state index contributed by atoms with van der Waals surface area (Å²) in [6.45, 7) is 0. The van der Waals surface area contributed by atoms with Crippen LogP contribution in [0.2, 0.25) is 0 Å². The molecule has 0 saturated heterocycles. The third-order valence-corrected chi connectivity index (χ3v) is 4.17. The molecule has 0 bridgehead atoms. The molecule has 23 heavy (non-hydrogen) atoms. The van der Waals surface area contributed by atoms with Gasteiger partial charge < -0.3 is 14.7 Å². The van der Waals surface area contributed by atoms with E-state index < -0.39 is 6.10 Å². The van der Waals surface area contributed by atoms with Gasteiger partial charge in [-0.05, 0) is 28.8 Å². The standard InChI is InChI=1S/C19H19NO3/c1-20-12-16(13-8-10-15(23-2)11-9-13)17(18(21)19(20)22)14-6-4-3-5-7-14/h3-12,17-18,21H,1-2H3/t17-,18+/m0/s1. The molecule has 1 aliphatic heterocycles. The summed E-state index contributed by atoms with van der Waals surface area (Å²) in [5.41, 5.74) is 2.79. The highest BCUT2D eigenvalue weighted by atomic mass is 16.5. The summed E-state index contributed by atoms with van der Waals surface area (Å²) in [5.74, 6) is 0.0933. The van der Waals surface area contributed by atoms with Crippen molar-refractivity contribution in [1.29, 1.82) is 0 Å². The van der Waals surface area contributed by atoms with Crippen LogP contribution in [0.4, 0.5) is 0 Å². The number of hydrogen-bond donors (Lipinski definition) is 1. The normalized spacial score (nSPS) is 21.1. The molecular weight excluding hydrogens is 290 g/mol. The predicted molar refractivity (Wildman–Crippen MR) is 88.9 cm³/mol. The fourth-order valence-corrected chi connectivity index (χ4v) is 2.93. The highest BCUT2D eigenvalue weighted by molar-refractivity contribution is 5.91. The molecule has 0 radical (unpaired) electrons. The van der Waals surface area contributed by atoms with Crippen molar-refractivity contribution in [2.24, 2.45) is 0 Å². The van der Waals surface area contributed by atoms with E-state index in [4.69, 9.17) is 4.74 Å². The molecule has 0 spiro atoms. The van der Waals surface area contributed by atoms with Crippen LogP contribution in [0.3, 0.4) is 0 Å². The van der Waals surface area contributed by atoms with E-state index in [1.54, 1.807) is 20.4 Å². The van der Waals surface area contributed by atoms with Crippen LogP contribution < -0.4 is 4.74 Å². The molecule has 2 aromatic rings. The van der Waals surface area contributed by atoms with E-state index in [0.29, 0.717) is 0 Å². The minimum Gasteiger partial charge on any atom is -0.497 e. The molecule has 1 heterocycles. The molecule has 1 amide bonds. The Morgan fingerprint density at radius 2 is 1.70 bits per heavy atom. The van der Waals surface area contributed by atoms with Gasteiger partial charge in [0, 0.05) is 19.2 Å². The van der Waals surface area contributed by atoms with Gasteiger partial charge >= 0.3 is 0 Å². The predicted octanol–water partition coefficient (Wildman–Crippen LogP) is 2.65. The Morgan fingerprint density at radius 3 is 2.30 bits per heavy atom. The van der Waals surface area contributed by atoms with Gasteiger partial charge in [0.2, 0.25) is 0 Å². The van der Waals surface area contributed by atoms with E-state index >= 15 is 0 Å². The minimum absolute atomic E-state index is 0.295. The van der Waals surface area contributed by atoms with Crippen LogP contribution in [-0.4, -0.2) is 36.2 Å². The number of rotatable bonds is 3. The topological polar surface area (TPSA) is 49.8 Å². The summed E-state index contributed by atoms with van der Waals surface area (Å²) >= 11 is 0. The first-order chi connectivity index (χ1) is 11.1. The fourth-order valence-electron chi connectivity index (χ4n) is 2.93. The van der Waals surface area contributed by atoms with Crippen molar-refractivity contribution >= 4 is 11.5 Å². The second-order valence-corrected chi connectivity index (χ2v) is 5.60. The lowest BCUT2D eigenvalue weighted by Crippen LogP contribution is -2.41. The van der Waals surface area contributed by atoms with Gasteiger partial charge in [0.15, 0.2) is 0 Å². The molecule has 3 rings (SSSR count). The summed E-state index contributed by atoms with van der Waals surface area (Å²) in [6.07, 6.45) is 0.707. The quantitative estimate of drug-likeness (QED) is 0.948. The number of methoxy groups -OCH3 is 1. The van der Waals surface area contributed by atoms with Crippen LogP contribution >= 0.6 is 0 Å². The lowest BCUT2D eigenvalue weighted by molar-refractivity contribution is -0.137. The average molecular weight is 309 g/mol. The van der Waals surface area contributed by atoms with Crippen molar-refractivity contribution in [2.45, 2.75) is 12.0 Å². The Bertz CT molecular complexity index is 722. The molecule has 4 heteroatoms. The van der Waals surface area contributed by atoms with Gasteiger partial charge in [0.25, 0.3) is 5.91 Å². The number of hydrogen-bond acceptors (Lipinski definition) is 3. The Morgan fingerprint density at radius 1 is 1.04 bits per heavy atom. The van der Waals surface area contributed by atoms with Gasteiger partial charge in [-0.1, -0.05) is 42.5 Å². The summed E-state index contributed by atoms with van der Waals surface area (Å²) in [7, 11) is 3.29. The summed E-state index contributed by atoms with van der Waals surface area (Å²) in [6, 6.07) is 17.3. The summed E-state index contributed by atoms with van der Waals surface area (Å²) in [4.78, 5) is 13.6. The zero-order valence-corrected chi connectivity index (χ0v) is 13.1. The van der Waals surface area contributed by atoms with Crippen molar-refractivity contribution in [2.75, 3.05) is 14.2 Å². The second kappa shape index (κ2) is 6.26. The number of aliphatic hydroxyl groups is 1. The fraction of sp³-hybridized carbons (Fsp3) is 0.211. The molecular formula is C19H19NO3. The maximum Gasteiger partial charge on any atom is 0.256 e. The van der Waals surface area contributed by atoms with E-state index in [9.17, 15) is 9.90 Å². The first-order valence-corrected chi connectivity index (χ1v) is 7.47. The molecule has 1 aliphatic rings. The number of aliphatic hydroxyl groups excluding tert-OH is 1. The number of amides is 1. The van der Waals surface area contributed by atoms with E-state index in [2.05, 4.69) is 0 Å². The lowest BCUT2D eigenvalue weighted by Gasteiger charge is -2.33. The summed E-state index contributed by atoms with van der Waals surface area (Å²) < 4.78 is 5.19. The van der Waals surface area contributed by atoms with Gasteiger partial charge in [-0.15, -0.1) is 0 Å². The molecule has 2 atom stereocenters. The van der Waals surface area contributed by atoms with Crippen molar-refractivity contribution in [1.82, 2.24) is 4.90 Å². The monoisotopic (exact) mass is 309 g/mol. The van der Waals surface area contributed by atoms with Crippen molar-refractivity contribution in [3.8, 4) is 5.75 Å². The first-order valence-electron chi connectivity index (χ1n) is 7.47. The highest BCUT2D eigenvalue weighted by Gasteiger charge is 2.36. The van der Waals surface area contributed by atoms with Gasteiger partial charge in [-0.25, -0.2) is 0 Å². The van der Waals surface area contributed by atoms with Crippen LogP contribution in [-0.2, 0) is 4.79 Å². The van der Waals surface area contributed by atoms with Crippen LogP contribution in [0.15, 0.2) is 60.8 Å². The van der Waals surface area contributed by atoms with Gasteiger partial charge in [-0.3, -0.25) is 4.79 Å². The van der Waals surface area contributed by atoms with Crippen molar-refractivity contribution in [3.05, 3.63) is 71.9 Å². The number of nitrogens with zero attached hydrogens (tertiary/aromatic N) is 1. The van der Waals surface area contributed by atoms with Crippen LogP contribution in [0.1, 0.15) is 17.0 Å². The summed E-state index contributed by atoms with van der Waals surface area (Å²) in [5, 5.41) is 10.5. The number of carbonyl (C=O) groups is 1. The molecule has 1 N–H and O–H groups in total.